The van der Waals surface area contributed by atoms with Gasteiger partial charge >= 0.3 is 0 Å². The van der Waals surface area contributed by atoms with Gasteiger partial charge < -0.3 is 5.32 Å². The molecule has 2 heteroatoms. The van der Waals surface area contributed by atoms with E-state index >= 15 is 0 Å². The zero-order valence-electron chi connectivity index (χ0n) is 11.6. The normalized spacial score (nSPS) is 28.4. The van der Waals surface area contributed by atoms with Gasteiger partial charge in [-0.15, -0.1) is 0 Å². The number of benzene rings is 1. The van der Waals surface area contributed by atoms with Crippen molar-refractivity contribution >= 4 is 21.6 Å². The van der Waals surface area contributed by atoms with Crippen LogP contribution in [-0.4, -0.2) is 6.04 Å². The molecule has 1 aliphatic rings. The lowest BCUT2D eigenvalue weighted by Crippen LogP contribution is -2.37. The lowest BCUT2D eigenvalue weighted by atomic mass is 9.74. The average molecular weight is 310 g/mol. The van der Waals surface area contributed by atoms with E-state index in [4.69, 9.17) is 0 Å². The molecule has 100 valence electrons. The second-order valence-corrected chi connectivity index (χ2v) is 7.00. The Morgan fingerprint density at radius 1 is 1.17 bits per heavy atom. The molecule has 1 saturated carbocycles. The van der Waals surface area contributed by atoms with E-state index in [1.54, 1.807) is 0 Å². The fraction of sp³-hybridized carbons (Fsp3) is 0.625. The van der Waals surface area contributed by atoms with Crippen LogP contribution in [0.2, 0.25) is 0 Å². The summed E-state index contributed by atoms with van der Waals surface area (Å²) in [6.07, 6.45) is 4.06. The van der Waals surface area contributed by atoms with Crippen molar-refractivity contribution in [3.8, 4) is 0 Å². The summed E-state index contributed by atoms with van der Waals surface area (Å²) in [6, 6.07) is 9.19. The van der Waals surface area contributed by atoms with E-state index in [9.17, 15) is 0 Å². The van der Waals surface area contributed by atoms with Gasteiger partial charge in [0.1, 0.15) is 0 Å². The summed E-state index contributed by atoms with van der Waals surface area (Å²) < 4.78 is 1.14. The second kappa shape index (κ2) is 6.10. The minimum absolute atomic E-state index is 0.634. The molecule has 1 aromatic carbocycles. The third-order valence-corrected chi connectivity index (χ3v) is 4.75. The van der Waals surface area contributed by atoms with Crippen LogP contribution in [0.5, 0.6) is 0 Å². The van der Waals surface area contributed by atoms with Gasteiger partial charge in [-0.05, 0) is 54.9 Å². The lowest BCUT2D eigenvalue weighted by Gasteiger charge is -2.38. The molecule has 3 atom stereocenters. The number of halogens is 1. The van der Waals surface area contributed by atoms with E-state index in [0.29, 0.717) is 6.04 Å². The van der Waals surface area contributed by atoms with Gasteiger partial charge in [0, 0.05) is 16.2 Å². The van der Waals surface area contributed by atoms with Crippen molar-refractivity contribution in [2.45, 2.75) is 46.1 Å². The zero-order valence-corrected chi connectivity index (χ0v) is 13.2. The van der Waals surface area contributed by atoms with Crippen molar-refractivity contribution in [2.75, 3.05) is 5.32 Å². The molecule has 18 heavy (non-hydrogen) atoms. The fourth-order valence-corrected chi connectivity index (χ4v) is 3.39. The molecule has 0 saturated heterocycles. The van der Waals surface area contributed by atoms with Crippen LogP contribution in [0.1, 0.15) is 40.0 Å². The number of hydrogen-bond donors (Lipinski definition) is 1. The molecule has 1 N–H and O–H groups in total. The fourth-order valence-electron chi connectivity index (χ4n) is 3.13. The minimum Gasteiger partial charge on any atom is -0.382 e. The first-order valence-corrected chi connectivity index (χ1v) is 7.87. The molecule has 0 aromatic heterocycles. The van der Waals surface area contributed by atoms with Crippen molar-refractivity contribution in [1.29, 1.82) is 0 Å². The molecule has 1 aliphatic carbocycles. The molecule has 1 fully saturated rings. The van der Waals surface area contributed by atoms with Gasteiger partial charge in [0.05, 0.1) is 0 Å². The Morgan fingerprint density at radius 2 is 1.83 bits per heavy atom. The third-order valence-electron chi connectivity index (χ3n) is 4.22. The SMILES string of the molecule is CC1CCC(C(C)C)C(Nc2ccc(Br)cc2)C1. The van der Waals surface area contributed by atoms with Crippen LogP contribution in [0, 0.1) is 17.8 Å². The number of hydrogen-bond acceptors (Lipinski definition) is 1. The summed E-state index contributed by atoms with van der Waals surface area (Å²) >= 11 is 3.49. The highest BCUT2D eigenvalue weighted by molar-refractivity contribution is 9.10. The smallest absolute Gasteiger partial charge is 0.0343 e. The Morgan fingerprint density at radius 3 is 2.44 bits per heavy atom. The van der Waals surface area contributed by atoms with Crippen LogP contribution in [-0.2, 0) is 0 Å². The van der Waals surface area contributed by atoms with Crippen molar-refractivity contribution in [2.24, 2.45) is 17.8 Å². The Labute approximate surface area is 119 Å². The molecule has 0 bridgehead atoms. The highest BCUT2D eigenvalue weighted by Crippen LogP contribution is 2.35. The predicted octanol–water partition coefficient (Wildman–Crippen LogP) is 5.32. The highest BCUT2D eigenvalue weighted by Gasteiger charge is 2.30. The monoisotopic (exact) mass is 309 g/mol. The molecule has 1 nitrogen and oxygen atoms in total. The quantitative estimate of drug-likeness (QED) is 0.796. The van der Waals surface area contributed by atoms with E-state index < -0.39 is 0 Å². The van der Waals surface area contributed by atoms with E-state index in [2.05, 4.69) is 66.3 Å². The van der Waals surface area contributed by atoms with Crippen LogP contribution >= 0.6 is 15.9 Å². The summed E-state index contributed by atoms with van der Waals surface area (Å²) in [6.45, 7) is 7.10. The van der Waals surface area contributed by atoms with Crippen LogP contribution in [0.4, 0.5) is 5.69 Å². The van der Waals surface area contributed by atoms with Gasteiger partial charge in [0.2, 0.25) is 0 Å². The van der Waals surface area contributed by atoms with Crippen LogP contribution in [0.25, 0.3) is 0 Å². The molecule has 0 radical (unpaired) electrons. The molecular formula is C16H24BrN. The first-order chi connectivity index (χ1) is 8.56. The number of nitrogens with one attached hydrogen (secondary N) is 1. The van der Waals surface area contributed by atoms with Gasteiger partial charge in [0.25, 0.3) is 0 Å². The Hall–Kier alpha value is -0.500. The molecule has 0 amide bonds. The largest absolute Gasteiger partial charge is 0.382 e. The third kappa shape index (κ3) is 3.50. The van der Waals surface area contributed by atoms with Crippen LogP contribution in [0.3, 0.4) is 0 Å². The first kappa shape index (κ1) is 13.9. The topological polar surface area (TPSA) is 12.0 Å². The van der Waals surface area contributed by atoms with E-state index in [-0.39, 0.29) is 0 Å². The molecule has 2 rings (SSSR count). The van der Waals surface area contributed by atoms with Gasteiger partial charge in [-0.1, -0.05) is 43.1 Å². The molecule has 0 aliphatic heterocycles. The summed E-state index contributed by atoms with van der Waals surface area (Å²) in [4.78, 5) is 0. The molecule has 0 spiro atoms. The number of rotatable bonds is 3. The Bertz CT molecular complexity index is 371. The Kier molecular flexibility index (Phi) is 4.71. The maximum absolute atomic E-state index is 3.75. The Balaban J connectivity index is 2.06. The summed E-state index contributed by atoms with van der Waals surface area (Å²) in [7, 11) is 0. The van der Waals surface area contributed by atoms with E-state index in [1.807, 2.05) is 0 Å². The van der Waals surface area contributed by atoms with Crippen LogP contribution < -0.4 is 5.32 Å². The van der Waals surface area contributed by atoms with Gasteiger partial charge in [0.15, 0.2) is 0 Å². The lowest BCUT2D eigenvalue weighted by molar-refractivity contribution is 0.212. The van der Waals surface area contributed by atoms with Crippen molar-refractivity contribution in [3.05, 3.63) is 28.7 Å². The van der Waals surface area contributed by atoms with Crippen molar-refractivity contribution < 1.29 is 0 Å². The van der Waals surface area contributed by atoms with Gasteiger partial charge in [-0.25, -0.2) is 0 Å². The summed E-state index contributed by atoms with van der Waals surface area (Å²) in [5.41, 5.74) is 1.25. The maximum atomic E-state index is 3.75. The van der Waals surface area contributed by atoms with E-state index in [0.717, 1.165) is 22.2 Å². The van der Waals surface area contributed by atoms with Crippen LogP contribution in [0.15, 0.2) is 28.7 Å². The first-order valence-electron chi connectivity index (χ1n) is 7.08. The predicted molar refractivity (Wildman–Crippen MR) is 82.9 cm³/mol. The number of anilines is 1. The van der Waals surface area contributed by atoms with Gasteiger partial charge in [-0.3, -0.25) is 0 Å². The molecule has 1 aromatic rings. The maximum Gasteiger partial charge on any atom is 0.0343 e. The molecular weight excluding hydrogens is 286 g/mol. The zero-order chi connectivity index (χ0) is 13.1. The highest BCUT2D eigenvalue weighted by atomic mass is 79.9. The molecule has 3 unspecified atom stereocenters. The molecule has 0 heterocycles. The van der Waals surface area contributed by atoms with Gasteiger partial charge in [-0.2, -0.15) is 0 Å². The minimum atomic E-state index is 0.634. The second-order valence-electron chi connectivity index (χ2n) is 6.08. The van der Waals surface area contributed by atoms with Crippen molar-refractivity contribution in [1.82, 2.24) is 0 Å². The average Bonchev–Trinajstić information content (AvgIpc) is 2.32. The van der Waals surface area contributed by atoms with Crippen molar-refractivity contribution in [3.63, 3.8) is 0 Å². The summed E-state index contributed by atoms with van der Waals surface area (Å²) in [5, 5.41) is 3.75. The standard InChI is InChI=1S/C16H24BrN/c1-11(2)15-9-4-12(3)10-16(15)18-14-7-5-13(17)6-8-14/h5-8,11-12,15-16,18H,4,9-10H2,1-3H3. The van der Waals surface area contributed by atoms with E-state index in [1.165, 1.54) is 24.9 Å². The summed E-state index contributed by atoms with van der Waals surface area (Å²) in [5.74, 6) is 2.43.